The molecule has 0 spiro atoms. The maximum Gasteiger partial charge on any atom is 0.243 e. The van der Waals surface area contributed by atoms with Crippen LogP contribution in [0.1, 0.15) is 31.7 Å². The van der Waals surface area contributed by atoms with E-state index in [1.807, 2.05) is 6.92 Å². The summed E-state index contributed by atoms with van der Waals surface area (Å²) in [5.41, 5.74) is 6.36. The quantitative estimate of drug-likeness (QED) is 0.824. The van der Waals surface area contributed by atoms with E-state index in [1.165, 1.54) is 16.4 Å². The van der Waals surface area contributed by atoms with Crippen LogP contribution < -0.4 is 5.73 Å². The zero-order valence-electron chi connectivity index (χ0n) is 12.6. The lowest BCUT2D eigenvalue weighted by Crippen LogP contribution is -2.51. The molecule has 0 aromatic heterocycles. The highest BCUT2D eigenvalue weighted by atomic mass is 79.9. The number of nitrogens with zero attached hydrogens (tertiary/aromatic N) is 1. The highest BCUT2D eigenvalue weighted by Crippen LogP contribution is 2.30. The highest BCUT2D eigenvalue weighted by Gasteiger charge is 2.36. The standard InChI is InChI=1S/C14H20BrFN2O2S.ClH/c1-9-7-12(16)11(15)8-14(9)21(19,20)18-6-4-3-5-13(18)10(2)17;/h7-8,10,13H,3-6,17H2,1-2H3;1H. The Hall–Kier alpha value is -0.210. The van der Waals surface area contributed by atoms with Crippen molar-refractivity contribution in [3.8, 4) is 0 Å². The van der Waals surface area contributed by atoms with Crippen LogP contribution in [0.3, 0.4) is 0 Å². The van der Waals surface area contributed by atoms with E-state index in [9.17, 15) is 12.8 Å². The maximum atomic E-state index is 13.5. The van der Waals surface area contributed by atoms with E-state index in [-0.39, 0.29) is 33.9 Å². The SMILES string of the molecule is Cc1cc(F)c(Br)cc1S(=O)(=O)N1CCCCC1C(C)N.Cl. The molecule has 2 atom stereocenters. The number of hydrogen-bond acceptors (Lipinski definition) is 3. The van der Waals surface area contributed by atoms with Crippen LogP contribution in [0.4, 0.5) is 4.39 Å². The fraction of sp³-hybridized carbons (Fsp3) is 0.571. The van der Waals surface area contributed by atoms with Gasteiger partial charge in [0.1, 0.15) is 5.82 Å². The van der Waals surface area contributed by atoms with Gasteiger partial charge in [-0.05, 0) is 60.3 Å². The first-order chi connectivity index (χ1) is 9.75. The molecule has 0 aliphatic carbocycles. The normalized spacial score (nSPS) is 21.2. The van der Waals surface area contributed by atoms with E-state index in [1.54, 1.807) is 6.92 Å². The molecular weight excluding hydrogens is 395 g/mol. The van der Waals surface area contributed by atoms with Crippen LogP contribution in [0, 0.1) is 12.7 Å². The van der Waals surface area contributed by atoms with E-state index in [0.29, 0.717) is 12.1 Å². The fourth-order valence-electron chi connectivity index (χ4n) is 2.79. The summed E-state index contributed by atoms with van der Waals surface area (Å²) in [6, 6.07) is 2.14. The van der Waals surface area contributed by atoms with Crippen molar-refractivity contribution in [1.29, 1.82) is 0 Å². The van der Waals surface area contributed by atoms with Gasteiger partial charge in [-0.1, -0.05) is 6.42 Å². The molecule has 1 aliphatic rings. The van der Waals surface area contributed by atoms with E-state index in [2.05, 4.69) is 15.9 Å². The Bertz CT molecular complexity index is 640. The number of piperidine rings is 1. The van der Waals surface area contributed by atoms with Crippen molar-refractivity contribution in [1.82, 2.24) is 4.31 Å². The minimum atomic E-state index is -3.67. The van der Waals surface area contributed by atoms with Crippen molar-refractivity contribution in [2.45, 2.75) is 50.1 Å². The van der Waals surface area contributed by atoms with E-state index < -0.39 is 15.8 Å². The third-order valence-electron chi connectivity index (χ3n) is 3.91. The Kier molecular flexibility index (Phi) is 6.83. The molecule has 126 valence electrons. The summed E-state index contributed by atoms with van der Waals surface area (Å²) in [5, 5.41) is 0. The van der Waals surface area contributed by atoms with Crippen molar-refractivity contribution < 1.29 is 12.8 Å². The highest BCUT2D eigenvalue weighted by molar-refractivity contribution is 9.10. The van der Waals surface area contributed by atoms with Gasteiger partial charge in [0.25, 0.3) is 0 Å². The second kappa shape index (κ2) is 7.57. The molecule has 0 bridgehead atoms. The Morgan fingerprint density at radius 3 is 2.64 bits per heavy atom. The Morgan fingerprint density at radius 1 is 1.41 bits per heavy atom. The second-order valence-electron chi connectivity index (χ2n) is 5.57. The largest absolute Gasteiger partial charge is 0.326 e. The summed E-state index contributed by atoms with van der Waals surface area (Å²) in [5.74, 6) is -0.464. The summed E-state index contributed by atoms with van der Waals surface area (Å²) in [4.78, 5) is 0.142. The zero-order chi connectivity index (χ0) is 15.8. The number of aryl methyl sites for hydroxylation is 1. The van der Waals surface area contributed by atoms with Crippen LogP contribution in [-0.2, 0) is 10.0 Å². The van der Waals surface area contributed by atoms with Crippen LogP contribution in [0.5, 0.6) is 0 Å². The number of halogens is 3. The van der Waals surface area contributed by atoms with Gasteiger partial charge >= 0.3 is 0 Å². The molecule has 22 heavy (non-hydrogen) atoms. The lowest BCUT2D eigenvalue weighted by molar-refractivity contribution is 0.227. The summed E-state index contributed by atoms with van der Waals surface area (Å²) in [7, 11) is -3.67. The molecule has 1 saturated heterocycles. The lowest BCUT2D eigenvalue weighted by atomic mass is 10.00. The third kappa shape index (κ3) is 3.82. The Morgan fingerprint density at radius 2 is 2.05 bits per heavy atom. The number of benzene rings is 1. The molecule has 2 rings (SSSR count). The first-order valence-corrected chi connectivity index (χ1v) is 9.21. The van der Waals surface area contributed by atoms with E-state index >= 15 is 0 Å². The first kappa shape index (κ1) is 19.8. The fourth-order valence-corrected chi connectivity index (χ4v) is 5.29. The molecule has 2 unspecified atom stereocenters. The van der Waals surface area contributed by atoms with Crippen LogP contribution in [0.25, 0.3) is 0 Å². The second-order valence-corrected chi connectivity index (χ2v) is 8.28. The summed E-state index contributed by atoms with van der Waals surface area (Å²) in [6.07, 6.45) is 2.56. The number of hydrogen-bond donors (Lipinski definition) is 1. The van der Waals surface area contributed by atoms with Crippen molar-refractivity contribution in [3.63, 3.8) is 0 Å². The molecule has 1 aromatic carbocycles. The molecule has 0 radical (unpaired) electrons. The molecule has 1 aromatic rings. The summed E-state index contributed by atoms with van der Waals surface area (Å²) >= 11 is 3.06. The van der Waals surface area contributed by atoms with Gasteiger partial charge in [0, 0.05) is 18.6 Å². The summed E-state index contributed by atoms with van der Waals surface area (Å²) < 4.78 is 41.0. The first-order valence-electron chi connectivity index (χ1n) is 6.98. The van der Waals surface area contributed by atoms with Gasteiger partial charge in [-0.15, -0.1) is 12.4 Å². The van der Waals surface area contributed by atoms with Gasteiger partial charge in [0.15, 0.2) is 0 Å². The Labute approximate surface area is 145 Å². The van der Waals surface area contributed by atoms with Gasteiger partial charge in [0.2, 0.25) is 10.0 Å². The molecule has 2 N–H and O–H groups in total. The number of sulfonamides is 1. The van der Waals surface area contributed by atoms with Crippen LogP contribution >= 0.6 is 28.3 Å². The molecular formula is C14H21BrClFN2O2S. The topological polar surface area (TPSA) is 63.4 Å². The zero-order valence-corrected chi connectivity index (χ0v) is 15.8. The predicted octanol–water partition coefficient (Wildman–Crippen LogP) is 3.21. The lowest BCUT2D eigenvalue weighted by Gasteiger charge is -2.37. The van der Waals surface area contributed by atoms with Crippen molar-refractivity contribution in [3.05, 3.63) is 28.0 Å². The maximum absolute atomic E-state index is 13.5. The van der Waals surface area contributed by atoms with Gasteiger partial charge in [-0.3, -0.25) is 0 Å². The molecule has 1 aliphatic heterocycles. The van der Waals surface area contributed by atoms with E-state index in [0.717, 1.165) is 19.3 Å². The number of nitrogens with two attached hydrogens (primary N) is 1. The molecule has 1 heterocycles. The molecule has 8 heteroatoms. The average molecular weight is 416 g/mol. The minimum absolute atomic E-state index is 0. The van der Waals surface area contributed by atoms with Gasteiger partial charge in [-0.25, -0.2) is 12.8 Å². The third-order valence-corrected chi connectivity index (χ3v) is 6.58. The smallest absolute Gasteiger partial charge is 0.243 e. The predicted molar refractivity (Wildman–Crippen MR) is 91.3 cm³/mol. The molecule has 4 nitrogen and oxygen atoms in total. The molecule has 0 saturated carbocycles. The van der Waals surface area contributed by atoms with Crippen molar-refractivity contribution >= 4 is 38.4 Å². The van der Waals surface area contributed by atoms with Crippen LogP contribution in [-0.4, -0.2) is 31.4 Å². The van der Waals surface area contributed by atoms with E-state index in [4.69, 9.17) is 5.73 Å². The van der Waals surface area contributed by atoms with Gasteiger partial charge < -0.3 is 5.73 Å². The Balaban J connectivity index is 0.00000242. The average Bonchev–Trinajstić information content (AvgIpc) is 2.42. The van der Waals surface area contributed by atoms with Crippen molar-refractivity contribution in [2.24, 2.45) is 5.73 Å². The molecule has 0 amide bonds. The van der Waals surface area contributed by atoms with Gasteiger partial charge in [0.05, 0.1) is 9.37 Å². The minimum Gasteiger partial charge on any atom is -0.326 e. The molecule has 1 fully saturated rings. The van der Waals surface area contributed by atoms with Crippen LogP contribution in [0.2, 0.25) is 0 Å². The monoisotopic (exact) mass is 414 g/mol. The van der Waals surface area contributed by atoms with Gasteiger partial charge in [-0.2, -0.15) is 4.31 Å². The van der Waals surface area contributed by atoms with Crippen LogP contribution in [0.15, 0.2) is 21.5 Å². The number of rotatable bonds is 3. The summed E-state index contributed by atoms with van der Waals surface area (Å²) in [6.45, 7) is 3.89. The van der Waals surface area contributed by atoms with Crippen molar-refractivity contribution in [2.75, 3.05) is 6.54 Å².